The Morgan fingerprint density at radius 3 is 2.00 bits per heavy atom. The quantitative estimate of drug-likeness (QED) is 0.179. The second-order valence-electron chi connectivity index (χ2n) is 9.56. The van der Waals surface area contributed by atoms with Crippen LogP contribution < -0.4 is 4.74 Å². The summed E-state index contributed by atoms with van der Waals surface area (Å²) < 4.78 is 35.0. The van der Waals surface area contributed by atoms with E-state index in [0.717, 1.165) is 50.0 Å². The number of carbonyl (C=O) groups is 2. The Hall–Kier alpha value is -3.37. The summed E-state index contributed by atoms with van der Waals surface area (Å²) in [6.45, 7) is 10.5. The zero-order valence-corrected chi connectivity index (χ0v) is 24.5. The number of hydrogen-bond acceptors (Lipinski definition) is 6. The van der Waals surface area contributed by atoms with Gasteiger partial charge >= 0.3 is 11.9 Å². The highest BCUT2D eigenvalue weighted by Crippen LogP contribution is 2.31. The summed E-state index contributed by atoms with van der Waals surface area (Å²) in [5.74, 6) is -2.94. The molecule has 40 heavy (non-hydrogen) atoms. The third kappa shape index (κ3) is 9.67. The molecule has 10 heteroatoms. The molecule has 0 atom stereocenters. The van der Waals surface area contributed by atoms with Crippen molar-refractivity contribution < 1.29 is 33.0 Å². The van der Waals surface area contributed by atoms with Gasteiger partial charge in [0.05, 0.1) is 17.0 Å². The number of unbranched alkanes of at least 4 members (excludes halogenated alkanes) is 2. The Morgan fingerprint density at radius 1 is 0.850 bits per heavy atom. The minimum atomic E-state index is -3.63. The van der Waals surface area contributed by atoms with E-state index in [9.17, 15) is 8.42 Å². The van der Waals surface area contributed by atoms with E-state index >= 15 is 0 Å². The van der Waals surface area contributed by atoms with Crippen LogP contribution in [0.3, 0.4) is 0 Å². The Balaban J connectivity index is 0.000000840. The lowest BCUT2D eigenvalue weighted by Crippen LogP contribution is -2.28. The number of aryl methyl sites for hydroxylation is 1. The summed E-state index contributed by atoms with van der Waals surface area (Å²) in [6.07, 6.45) is 11.3. The summed E-state index contributed by atoms with van der Waals surface area (Å²) in [4.78, 5) is 21.5. The fraction of sp³-hybridized carbons (Fsp3) is 0.467. The minimum Gasteiger partial charge on any atom is -0.494 e. The lowest BCUT2D eigenvalue weighted by atomic mass is 10.2. The van der Waals surface area contributed by atoms with Crippen molar-refractivity contribution in [2.75, 3.05) is 26.2 Å². The van der Waals surface area contributed by atoms with Gasteiger partial charge in [0.2, 0.25) is 9.84 Å². The molecule has 0 unspecified atom stereocenters. The number of carboxylic acid groups (broad SMARTS) is 2. The molecular weight excluding hydrogens is 532 g/mol. The second-order valence-corrected chi connectivity index (χ2v) is 11.4. The Labute approximate surface area is 237 Å². The van der Waals surface area contributed by atoms with E-state index < -0.39 is 21.8 Å². The van der Waals surface area contributed by atoms with Gasteiger partial charge in [0, 0.05) is 18.9 Å². The zero-order valence-electron chi connectivity index (χ0n) is 23.7. The fourth-order valence-electron chi connectivity index (χ4n) is 4.32. The van der Waals surface area contributed by atoms with Crippen LogP contribution in [0.2, 0.25) is 0 Å². The predicted octanol–water partition coefficient (Wildman–Crippen LogP) is 5.55. The number of sulfone groups is 1. The van der Waals surface area contributed by atoms with E-state index in [1.165, 1.54) is 25.7 Å². The van der Waals surface area contributed by atoms with Gasteiger partial charge in [-0.3, -0.25) is 0 Å². The van der Waals surface area contributed by atoms with Gasteiger partial charge < -0.3 is 24.3 Å². The molecule has 0 fully saturated rings. The molecule has 0 saturated carbocycles. The second kappa shape index (κ2) is 16.7. The lowest BCUT2D eigenvalue weighted by Gasteiger charge is -2.21. The third-order valence-electron chi connectivity index (χ3n) is 6.36. The number of fused-ring (bicyclic) bond motifs is 1. The maximum Gasteiger partial charge on any atom is 0.414 e. The predicted molar refractivity (Wildman–Crippen MR) is 155 cm³/mol. The van der Waals surface area contributed by atoms with Gasteiger partial charge in [-0.05, 0) is 80.7 Å². The summed E-state index contributed by atoms with van der Waals surface area (Å²) in [7, 11) is -3.63. The normalized spacial score (nSPS) is 11.3. The molecule has 0 spiro atoms. The van der Waals surface area contributed by atoms with Crippen molar-refractivity contribution in [2.45, 2.75) is 75.5 Å². The highest BCUT2D eigenvalue weighted by molar-refractivity contribution is 7.91. The number of pyridine rings is 1. The van der Waals surface area contributed by atoms with Gasteiger partial charge in [0.25, 0.3) is 0 Å². The molecule has 2 heterocycles. The molecule has 0 radical (unpaired) electrons. The highest BCUT2D eigenvalue weighted by Gasteiger charge is 2.25. The molecule has 2 N–H and O–H groups in total. The van der Waals surface area contributed by atoms with Crippen LogP contribution in [-0.4, -0.2) is 66.1 Å². The summed E-state index contributed by atoms with van der Waals surface area (Å²) in [6, 6.07) is 12.6. The first-order chi connectivity index (χ1) is 19.1. The van der Waals surface area contributed by atoms with Crippen molar-refractivity contribution in [2.24, 2.45) is 0 Å². The first-order valence-corrected chi connectivity index (χ1v) is 15.4. The Bertz CT molecular complexity index is 1300. The van der Waals surface area contributed by atoms with Crippen molar-refractivity contribution in [3.05, 3.63) is 60.4 Å². The van der Waals surface area contributed by atoms with E-state index in [4.69, 9.17) is 24.5 Å². The van der Waals surface area contributed by atoms with Crippen LogP contribution in [0.5, 0.6) is 5.75 Å². The van der Waals surface area contributed by atoms with Crippen molar-refractivity contribution in [1.29, 1.82) is 0 Å². The molecule has 9 nitrogen and oxygen atoms in total. The van der Waals surface area contributed by atoms with Crippen LogP contribution in [0.15, 0.2) is 64.6 Å². The van der Waals surface area contributed by atoms with Crippen LogP contribution in [-0.2, 0) is 25.8 Å². The molecule has 1 aromatic carbocycles. The molecule has 0 aliphatic carbocycles. The van der Waals surface area contributed by atoms with Crippen LogP contribution >= 0.6 is 0 Å². The average molecular weight is 575 g/mol. The molecule has 220 valence electrons. The molecule has 3 rings (SSSR count). The van der Waals surface area contributed by atoms with E-state index in [1.54, 1.807) is 24.3 Å². The maximum atomic E-state index is 13.6. The monoisotopic (exact) mass is 574 g/mol. The van der Waals surface area contributed by atoms with Crippen LogP contribution in [0.25, 0.3) is 5.52 Å². The molecule has 0 aliphatic heterocycles. The van der Waals surface area contributed by atoms with Gasteiger partial charge in [0.1, 0.15) is 10.6 Å². The van der Waals surface area contributed by atoms with Crippen molar-refractivity contribution in [3.8, 4) is 5.75 Å². The Kier molecular flexibility index (Phi) is 13.7. The number of hydrogen-bond donors (Lipinski definition) is 2. The van der Waals surface area contributed by atoms with E-state index in [-0.39, 0.29) is 0 Å². The number of aromatic nitrogens is 1. The van der Waals surface area contributed by atoms with Gasteiger partial charge in [-0.1, -0.05) is 46.1 Å². The van der Waals surface area contributed by atoms with Crippen molar-refractivity contribution in [3.63, 3.8) is 0 Å². The standard InChI is InChI=1S/C28H40N2O3S.C2H2O4/c1-4-7-18-29(19-8-5-2)20-11-22-33-25-14-16-26(17-15-25)34(31,32)28-24(12-6-3)23-30-21-10-9-13-27(28)30;3-1(4)2(5)6/h9-10,13-17,21,23H,4-8,11-12,18-20,22H2,1-3H3;(H,3,4)(H,5,6). The highest BCUT2D eigenvalue weighted by atomic mass is 32.2. The molecule has 3 aromatic rings. The molecule has 0 aliphatic rings. The Morgan fingerprint density at radius 2 is 1.45 bits per heavy atom. The molecule has 0 saturated heterocycles. The first kappa shape index (κ1) is 32.8. The smallest absolute Gasteiger partial charge is 0.414 e. The average Bonchev–Trinajstić information content (AvgIpc) is 3.31. The minimum absolute atomic E-state index is 0.305. The number of nitrogens with zero attached hydrogens (tertiary/aromatic N) is 2. The topological polar surface area (TPSA) is 126 Å². The van der Waals surface area contributed by atoms with Crippen molar-refractivity contribution in [1.82, 2.24) is 9.30 Å². The third-order valence-corrected chi connectivity index (χ3v) is 8.26. The lowest BCUT2D eigenvalue weighted by molar-refractivity contribution is -0.159. The number of ether oxygens (including phenoxy) is 1. The van der Waals surface area contributed by atoms with Gasteiger partial charge in [-0.15, -0.1) is 0 Å². The summed E-state index contributed by atoms with van der Waals surface area (Å²) in [5, 5.41) is 14.8. The van der Waals surface area contributed by atoms with Gasteiger partial charge in [-0.2, -0.15) is 0 Å². The van der Waals surface area contributed by atoms with Gasteiger partial charge in [0.15, 0.2) is 0 Å². The number of benzene rings is 1. The molecule has 0 amide bonds. The summed E-state index contributed by atoms with van der Waals surface area (Å²) >= 11 is 0. The van der Waals surface area contributed by atoms with Crippen molar-refractivity contribution >= 4 is 27.3 Å². The van der Waals surface area contributed by atoms with Crippen LogP contribution in [0, 0.1) is 0 Å². The van der Waals surface area contributed by atoms with Crippen LogP contribution in [0.1, 0.15) is 64.9 Å². The molecule has 2 aromatic heterocycles. The zero-order chi connectivity index (χ0) is 29.5. The van der Waals surface area contributed by atoms with Gasteiger partial charge in [-0.25, -0.2) is 18.0 Å². The summed E-state index contributed by atoms with van der Waals surface area (Å²) in [5.41, 5.74) is 1.59. The largest absolute Gasteiger partial charge is 0.494 e. The molecule has 0 bridgehead atoms. The number of aliphatic carboxylic acids is 2. The van der Waals surface area contributed by atoms with E-state index in [1.807, 2.05) is 35.0 Å². The fourth-order valence-corrected chi connectivity index (χ4v) is 6.00. The first-order valence-electron chi connectivity index (χ1n) is 13.9. The van der Waals surface area contributed by atoms with E-state index in [0.29, 0.717) is 22.1 Å². The maximum absolute atomic E-state index is 13.6. The van der Waals surface area contributed by atoms with E-state index in [2.05, 4.69) is 25.7 Å². The van der Waals surface area contributed by atoms with Crippen LogP contribution in [0.4, 0.5) is 0 Å². The number of carboxylic acids is 2. The number of rotatable bonds is 15. The molecular formula is C30H42N2O7S. The SMILES string of the molecule is CCCCN(CCCC)CCCOc1ccc(S(=O)(=O)c2c(CCC)cn3ccccc23)cc1.O=C(O)C(=O)O.